The minimum Gasteiger partial charge on any atom is -0.324 e. The van der Waals surface area contributed by atoms with E-state index in [1.807, 2.05) is 25.1 Å². The molecule has 2 rings (SSSR count). The van der Waals surface area contributed by atoms with Crippen LogP contribution in [0.15, 0.2) is 24.3 Å². The van der Waals surface area contributed by atoms with E-state index in [0.29, 0.717) is 6.04 Å². The summed E-state index contributed by atoms with van der Waals surface area (Å²) in [5, 5.41) is 0. The van der Waals surface area contributed by atoms with Gasteiger partial charge in [0.1, 0.15) is 5.82 Å². The number of nitrogens with two attached hydrogens (primary N) is 1. The normalized spacial score (nSPS) is 15.2. The minimum atomic E-state index is -0.0265. The molecule has 0 aliphatic carbocycles. The number of rotatable bonds is 3. The summed E-state index contributed by atoms with van der Waals surface area (Å²) in [7, 11) is 0. The first kappa shape index (κ1) is 11.1. The molecule has 2 atom stereocenters. The van der Waals surface area contributed by atoms with E-state index in [0.717, 1.165) is 17.8 Å². The number of hydrogen-bond acceptors (Lipinski definition) is 2. The maximum atomic E-state index is 5.99. The fourth-order valence-electron chi connectivity index (χ4n) is 2.03. The molecule has 0 fully saturated rings. The van der Waals surface area contributed by atoms with E-state index in [1.165, 1.54) is 5.52 Å². The Morgan fingerprint density at radius 1 is 1.31 bits per heavy atom. The van der Waals surface area contributed by atoms with E-state index in [4.69, 9.17) is 5.73 Å². The van der Waals surface area contributed by atoms with Crippen molar-refractivity contribution in [3.8, 4) is 0 Å². The zero-order valence-electron chi connectivity index (χ0n) is 10.1. The number of imidazole rings is 1. The highest BCUT2D eigenvalue weighted by Crippen LogP contribution is 2.25. The molecule has 0 saturated carbocycles. The van der Waals surface area contributed by atoms with Crippen molar-refractivity contribution in [2.45, 2.75) is 39.3 Å². The molecular weight excluding hydrogens is 198 g/mol. The lowest BCUT2D eigenvalue weighted by Gasteiger charge is -2.17. The highest BCUT2D eigenvalue weighted by atomic mass is 15.1. The van der Waals surface area contributed by atoms with E-state index < -0.39 is 0 Å². The number of hydrogen-bond donors (Lipinski definition) is 1. The molecule has 1 aromatic carbocycles. The monoisotopic (exact) mass is 217 g/mol. The van der Waals surface area contributed by atoms with Crippen LogP contribution in [0.5, 0.6) is 0 Å². The summed E-state index contributed by atoms with van der Waals surface area (Å²) in [6.07, 6.45) is 1.08. The molecule has 1 heterocycles. The molecule has 2 aromatic rings. The second kappa shape index (κ2) is 4.26. The van der Waals surface area contributed by atoms with E-state index in [-0.39, 0.29) is 6.04 Å². The first-order valence-electron chi connectivity index (χ1n) is 5.87. The molecule has 0 saturated heterocycles. The first-order chi connectivity index (χ1) is 7.65. The van der Waals surface area contributed by atoms with E-state index in [9.17, 15) is 0 Å². The van der Waals surface area contributed by atoms with E-state index >= 15 is 0 Å². The lowest BCUT2D eigenvalue weighted by atomic mass is 10.2. The topological polar surface area (TPSA) is 43.8 Å². The fraction of sp³-hybridized carbons (Fsp3) is 0.462. The Labute approximate surface area is 96.3 Å². The molecule has 0 radical (unpaired) electrons. The number of para-hydroxylation sites is 2. The molecule has 0 bridgehead atoms. The third kappa shape index (κ3) is 1.71. The average Bonchev–Trinajstić information content (AvgIpc) is 2.67. The highest BCUT2D eigenvalue weighted by Gasteiger charge is 2.16. The van der Waals surface area contributed by atoms with Crippen LogP contribution in [-0.4, -0.2) is 9.55 Å². The Hall–Kier alpha value is -1.35. The van der Waals surface area contributed by atoms with Crippen molar-refractivity contribution in [1.29, 1.82) is 0 Å². The Morgan fingerprint density at radius 3 is 2.62 bits per heavy atom. The predicted octanol–water partition coefficient (Wildman–Crippen LogP) is 3.03. The third-order valence-corrected chi connectivity index (χ3v) is 3.06. The van der Waals surface area contributed by atoms with Gasteiger partial charge in [-0.25, -0.2) is 4.98 Å². The predicted molar refractivity (Wildman–Crippen MR) is 67.3 cm³/mol. The van der Waals surface area contributed by atoms with Crippen molar-refractivity contribution in [2.24, 2.45) is 5.73 Å². The number of nitrogens with zero attached hydrogens (tertiary/aromatic N) is 2. The second-order valence-corrected chi connectivity index (χ2v) is 4.37. The van der Waals surface area contributed by atoms with E-state index in [2.05, 4.69) is 29.5 Å². The Balaban J connectivity index is 2.69. The summed E-state index contributed by atoms with van der Waals surface area (Å²) < 4.78 is 2.26. The molecule has 86 valence electrons. The van der Waals surface area contributed by atoms with Gasteiger partial charge in [0, 0.05) is 6.04 Å². The third-order valence-electron chi connectivity index (χ3n) is 3.06. The molecule has 0 amide bonds. The summed E-state index contributed by atoms with van der Waals surface area (Å²) in [5.41, 5.74) is 8.21. The van der Waals surface area contributed by atoms with Crippen LogP contribution in [0.3, 0.4) is 0 Å². The molecule has 0 aliphatic heterocycles. The van der Waals surface area contributed by atoms with Crippen LogP contribution in [0.4, 0.5) is 0 Å². The second-order valence-electron chi connectivity index (χ2n) is 4.37. The van der Waals surface area contributed by atoms with Crippen LogP contribution in [0.2, 0.25) is 0 Å². The molecule has 1 aromatic heterocycles. The Kier molecular flexibility index (Phi) is 2.97. The van der Waals surface area contributed by atoms with Gasteiger partial charge in [0.2, 0.25) is 0 Å². The van der Waals surface area contributed by atoms with Crippen molar-refractivity contribution >= 4 is 11.0 Å². The number of fused-ring (bicyclic) bond motifs is 1. The van der Waals surface area contributed by atoms with Crippen molar-refractivity contribution in [3.05, 3.63) is 30.1 Å². The van der Waals surface area contributed by atoms with Crippen LogP contribution in [0.1, 0.15) is 45.1 Å². The lowest BCUT2D eigenvalue weighted by Crippen LogP contribution is -2.16. The summed E-state index contributed by atoms with van der Waals surface area (Å²) in [6, 6.07) is 8.63. The van der Waals surface area contributed by atoms with Gasteiger partial charge in [-0.3, -0.25) is 0 Å². The Morgan fingerprint density at radius 2 is 2.00 bits per heavy atom. The van der Waals surface area contributed by atoms with Crippen molar-refractivity contribution in [1.82, 2.24) is 9.55 Å². The number of aromatic nitrogens is 2. The molecule has 0 aliphatic rings. The van der Waals surface area contributed by atoms with Gasteiger partial charge < -0.3 is 10.3 Å². The molecule has 0 spiro atoms. The van der Waals surface area contributed by atoms with Crippen LogP contribution in [0, 0.1) is 0 Å². The number of benzene rings is 1. The summed E-state index contributed by atoms with van der Waals surface area (Å²) in [4.78, 5) is 4.62. The van der Waals surface area contributed by atoms with Crippen molar-refractivity contribution in [3.63, 3.8) is 0 Å². The van der Waals surface area contributed by atoms with Gasteiger partial charge in [0.05, 0.1) is 17.1 Å². The fourth-order valence-corrected chi connectivity index (χ4v) is 2.03. The minimum absolute atomic E-state index is 0.0265. The van der Waals surface area contributed by atoms with Crippen LogP contribution >= 0.6 is 0 Å². The van der Waals surface area contributed by atoms with Gasteiger partial charge in [-0.05, 0) is 32.4 Å². The zero-order chi connectivity index (χ0) is 11.7. The first-order valence-corrected chi connectivity index (χ1v) is 5.87. The summed E-state index contributed by atoms with van der Waals surface area (Å²) in [6.45, 7) is 6.38. The summed E-state index contributed by atoms with van der Waals surface area (Å²) in [5.74, 6) is 0.982. The molecule has 0 unspecified atom stereocenters. The van der Waals surface area contributed by atoms with E-state index in [1.54, 1.807) is 0 Å². The summed E-state index contributed by atoms with van der Waals surface area (Å²) >= 11 is 0. The van der Waals surface area contributed by atoms with Gasteiger partial charge in [-0.15, -0.1) is 0 Å². The molecular formula is C13H19N3. The zero-order valence-corrected chi connectivity index (χ0v) is 10.1. The van der Waals surface area contributed by atoms with Gasteiger partial charge in [-0.1, -0.05) is 19.1 Å². The SMILES string of the molecule is CC[C@@H](C)n1c([C@H](C)N)nc2ccccc21. The van der Waals surface area contributed by atoms with Crippen LogP contribution in [-0.2, 0) is 0 Å². The lowest BCUT2D eigenvalue weighted by molar-refractivity contribution is 0.506. The van der Waals surface area contributed by atoms with Gasteiger partial charge >= 0.3 is 0 Å². The van der Waals surface area contributed by atoms with Gasteiger partial charge in [-0.2, -0.15) is 0 Å². The van der Waals surface area contributed by atoms with Gasteiger partial charge in [0.25, 0.3) is 0 Å². The molecule has 3 heteroatoms. The average molecular weight is 217 g/mol. The van der Waals surface area contributed by atoms with Crippen LogP contribution in [0.25, 0.3) is 11.0 Å². The highest BCUT2D eigenvalue weighted by molar-refractivity contribution is 5.76. The standard InChI is InChI=1S/C13H19N3/c1-4-9(2)16-12-8-6-5-7-11(12)15-13(16)10(3)14/h5-10H,4,14H2,1-3H3/t9-,10+/m1/s1. The maximum absolute atomic E-state index is 5.99. The molecule has 3 nitrogen and oxygen atoms in total. The van der Waals surface area contributed by atoms with Crippen molar-refractivity contribution in [2.75, 3.05) is 0 Å². The van der Waals surface area contributed by atoms with Gasteiger partial charge in [0.15, 0.2) is 0 Å². The Bertz CT molecular complexity index is 485. The largest absolute Gasteiger partial charge is 0.324 e. The van der Waals surface area contributed by atoms with Crippen LogP contribution < -0.4 is 5.73 Å². The maximum Gasteiger partial charge on any atom is 0.126 e. The molecule has 16 heavy (non-hydrogen) atoms. The van der Waals surface area contributed by atoms with Crippen molar-refractivity contribution < 1.29 is 0 Å². The quantitative estimate of drug-likeness (QED) is 0.858. The molecule has 2 N–H and O–H groups in total. The smallest absolute Gasteiger partial charge is 0.126 e.